The van der Waals surface area contributed by atoms with Crippen LogP contribution in [-0.2, 0) is 0 Å². The largest absolute Gasteiger partial charge is 0.330 e. The average molecular weight is 255 g/mol. The Balaban J connectivity index is 3.98. The molecule has 1 heteroatoms. The van der Waals surface area contributed by atoms with E-state index < -0.39 is 0 Å². The molecule has 0 amide bonds. The molecule has 0 rings (SSSR count). The topological polar surface area (TPSA) is 26.0 Å². The predicted octanol–water partition coefficient (Wildman–Crippen LogP) is 5.38. The van der Waals surface area contributed by atoms with Gasteiger partial charge in [0.15, 0.2) is 0 Å². The number of rotatable bonds is 12. The molecule has 0 aliphatic heterocycles. The highest BCUT2D eigenvalue weighted by Gasteiger charge is 2.19. The van der Waals surface area contributed by atoms with E-state index in [1.54, 1.807) is 0 Å². The van der Waals surface area contributed by atoms with Crippen molar-refractivity contribution in [2.45, 2.75) is 85.5 Å². The van der Waals surface area contributed by atoms with Gasteiger partial charge in [-0.05, 0) is 37.1 Å². The van der Waals surface area contributed by atoms with Gasteiger partial charge in [-0.3, -0.25) is 0 Å². The van der Waals surface area contributed by atoms with Crippen molar-refractivity contribution in [2.24, 2.45) is 23.5 Å². The van der Waals surface area contributed by atoms with Gasteiger partial charge >= 0.3 is 0 Å². The second-order valence-electron chi connectivity index (χ2n) is 6.08. The standard InChI is InChI=1S/C17H37N/c1-5-8-9-10-11-16(6-2)14-17(7-3)15(4)12-13-18/h15-17H,5-14,18H2,1-4H3/t15?,16?,17-/m0/s1. The van der Waals surface area contributed by atoms with Crippen molar-refractivity contribution >= 4 is 0 Å². The van der Waals surface area contributed by atoms with Crippen LogP contribution in [0.5, 0.6) is 0 Å². The summed E-state index contributed by atoms with van der Waals surface area (Å²) in [6, 6.07) is 0. The zero-order valence-electron chi connectivity index (χ0n) is 13.4. The van der Waals surface area contributed by atoms with E-state index in [1.807, 2.05) is 0 Å². The fourth-order valence-corrected chi connectivity index (χ4v) is 3.08. The summed E-state index contributed by atoms with van der Waals surface area (Å²) in [7, 11) is 0. The highest BCUT2D eigenvalue weighted by Crippen LogP contribution is 2.30. The van der Waals surface area contributed by atoms with Crippen molar-refractivity contribution in [3.8, 4) is 0 Å². The minimum Gasteiger partial charge on any atom is -0.330 e. The lowest BCUT2D eigenvalue weighted by atomic mass is 9.79. The lowest BCUT2D eigenvalue weighted by molar-refractivity contribution is 0.249. The molecule has 0 fully saturated rings. The molecule has 2 N–H and O–H groups in total. The predicted molar refractivity (Wildman–Crippen MR) is 83.8 cm³/mol. The van der Waals surface area contributed by atoms with Gasteiger partial charge in [0.2, 0.25) is 0 Å². The third kappa shape index (κ3) is 8.13. The molecule has 0 aromatic rings. The fraction of sp³-hybridized carbons (Fsp3) is 1.00. The maximum atomic E-state index is 5.70. The minimum atomic E-state index is 0.810. The van der Waals surface area contributed by atoms with Gasteiger partial charge in [-0.2, -0.15) is 0 Å². The highest BCUT2D eigenvalue weighted by atomic mass is 14.5. The van der Waals surface area contributed by atoms with Crippen molar-refractivity contribution in [1.82, 2.24) is 0 Å². The van der Waals surface area contributed by atoms with Gasteiger partial charge in [-0.1, -0.05) is 72.6 Å². The minimum absolute atomic E-state index is 0.810. The average Bonchev–Trinajstić information content (AvgIpc) is 2.38. The lowest BCUT2D eigenvalue weighted by Crippen LogP contribution is -2.18. The summed E-state index contributed by atoms with van der Waals surface area (Å²) >= 11 is 0. The second-order valence-corrected chi connectivity index (χ2v) is 6.08. The van der Waals surface area contributed by atoms with Crippen LogP contribution in [0.1, 0.15) is 85.5 Å². The van der Waals surface area contributed by atoms with Crippen LogP contribution in [0, 0.1) is 17.8 Å². The van der Waals surface area contributed by atoms with E-state index in [2.05, 4.69) is 27.7 Å². The summed E-state index contributed by atoms with van der Waals surface area (Å²) in [5.74, 6) is 2.65. The molecule has 0 aliphatic carbocycles. The Bertz CT molecular complexity index is 167. The van der Waals surface area contributed by atoms with Gasteiger partial charge in [0.1, 0.15) is 0 Å². The van der Waals surface area contributed by atoms with Gasteiger partial charge in [0.05, 0.1) is 0 Å². The SMILES string of the molecule is CCCCCCC(CC)C[C@H](CC)C(C)CCN. The molecule has 0 bridgehead atoms. The fourth-order valence-electron chi connectivity index (χ4n) is 3.08. The number of hydrogen-bond donors (Lipinski definition) is 1. The Hall–Kier alpha value is -0.0400. The number of hydrogen-bond acceptors (Lipinski definition) is 1. The van der Waals surface area contributed by atoms with Crippen LogP contribution in [0.2, 0.25) is 0 Å². The molecule has 18 heavy (non-hydrogen) atoms. The van der Waals surface area contributed by atoms with Crippen LogP contribution < -0.4 is 5.73 Å². The van der Waals surface area contributed by atoms with Crippen molar-refractivity contribution < 1.29 is 0 Å². The van der Waals surface area contributed by atoms with Crippen molar-refractivity contribution in [3.05, 3.63) is 0 Å². The first-order chi connectivity index (χ1) is 8.69. The molecule has 0 aromatic carbocycles. The Morgan fingerprint density at radius 3 is 2.11 bits per heavy atom. The van der Waals surface area contributed by atoms with Crippen molar-refractivity contribution in [1.29, 1.82) is 0 Å². The summed E-state index contributed by atoms with van der Waals surface area (Å²) in [5.41, 5.74) is 5.70. The summed E-state index contributed by atoms with van der Waals surface area (Å²) < 4.78 is 0. The van der Waals surface area contributed by atoms with Crippen LogP contribution >= 0.6 is 0 Å². The zero-order chi connectivity index (χ0) is 13.8. The molecule has 0 aliphatic rings. The van der Waals surface area contributed by atoms with Gasteiger partial charge in [0.25, 0.3) is 0 Å². The maximum Gasteiger partial charge on any atom is -0.00746 e. The van der Waals surface area contributed by atoms with Crippen LogP contribution in [0.25, 0.3) is 0 Å². The van der Waals surface area contributed by atoms with Gasteiger partial charge in [0, 0.05) is 0 Å². The van der Waals surface area contributed by atoms with E-state index >= 15 is 0 Å². The van der Waals surface area contributed by atoms with E-state index in [9.17, 15) is 0 Å². The summed E-state index contributed by atoms with van der Waals surface area (Å²) in [5, 5.41) is 0. The quantitative estimate of drug-likeness (QED) is 0.465. The van der Waals surface area contributed by atoms with Crippen LogP contribution in [0.15, 0.2) is 0 Å². The number of nitrogens with two attached hydrogens (primary N) is 1. The third-order valence-corrected chi connectivity index (χ3v) is 4.63. The smallest absolute Gasteiger partial charge is 0.00746 e. The molecule has 110 valence electrons. The Labute approximate surface area is 116 Å². The van der Waals surface area contributed by atoms with Crippen molar-refractivity contribution in [2.75, 3.05) is 6.54 Å². The number of unbranched alkanes of at least 4 members (excludes halogenated alkanes) is 3. The molecule has 0 saturated carbocycles. The Morgan fingerprint density at radius 2 is 1.61 bits per heavy atom. The molecule has 0 radical (unpaired) electrons. The third-order valence-electron chi connectivity index (χ3n) is 4.63. The molecule has 0 spiro atoms. The first-order valence-corrected chi connectivity index (χ1v) is 8.39. The van der Waals surface area contributed by atoms with E-state index in [0.717, 1.165) is 24.3 Å². The van der Waals surface area contributed by atoms with Crippen LogP contribution in [0.4, 0.5) is 0 Å². The second kappa shape index (κ2) is 12.0. The first-order valence-electron chi connectivity index (χ1n) is 8.39. The molecular weight excluding hydrogens is 218 g/mol. The molecule has 3 atom stereocenters. The van der Waals surface area contributed by atoms with Gasteiger partial charge in [-0.25, -0.2) is 0 Å². The molecule has 1 nitrogen and oxygen atoms in total. The monoisotopic (exact) mass is 255 g/mol. The molecule has 0 saturated heterocycles. The zero-order valence-corrected chi connectivity index (χ0v) is 13.4. The van der Waals surface area contributed by atoms with E-state index in [0.29, 0.717) is 0 Å². The van der Waals surface area contributed by atoms with Crippen LogP contribution in [-0.4, -0.2) is 6.54 Å². The molecule has 0 aromatic heterocycles. The molecule has 2 unspecified atom stereocenters. The summed E-state index contributed by atoms with van der Waals surface area (Å²) in [6.45, 7) is 10.3. The van der Waals surface area contributed by atoms with E-state index in [4.69, 9.17) is 5.73 Å². The van der Waals surface area contributed by atoms with E-state index in [1.165, 1.54) is 57.8 Å². The lowest BCUT2D eigenvalue weighted by Gasteiger charge is -2.27. The van der Waals surface area contributed by atoms with Gasteiger partial charge < -0.3 is 5.73 Å². The molecule has 0 heterocycles. The highest BCUT2D eigenvalue weighted by molar-refractivity contribution is 4.70. The molecular formula is C17H37N. The first kappa shape index (κ1) is 18.0. The van der Waals surface area contributed by atoms with E-state index in [-0.39, 0.29) is 0 Å². The normalized spacial score (nSPS) is 16.5. The Morgan fingerprint density at radius 1 is 0.889 bits per heavy atom. The van der Waals surface area contributed by atoms with Crippen LogP contribution in [0.3, 0.4) is 0 Å². The summed E-state index contributed by atoms with van der Waals surface area (Å²) in [6.07, 6.45) is 12.4. The maximum absolute atomic E-state index is 5.70. The summed E-state index contributed by atoms with van der Waals surface area (Å²) in [4.78, 5) is 0. The van der Waals surface area contributed by atoms with Gasteiger partial charge in [-0.15, -0.1) is 0 Å². The Kier molecular flexibility index (Phi) is 12.0. The van der Waals surface area contributed by atoms with Crippen molar-refractivity contribution in [3.63, 3.8) is 0 Å².